The van der Waals surface area contributed by atoms with Crippen molar-refractivity contribution in [3.05, 3.63) is 22.9 Å². The van der Waals surface area contributed by atoms with Crippen molar-refractivity contribution in [2.24, 2.45) is 5.73 Å². The number of hydrogen-bond acceptors (Lipinski definition) is 4. The molecule has 5 nitrogen and oxygen atoms in total. The van der Waals surface area contributed by atoms with Gasteiger partial charge in [-0.05, 0) is 30.9 Å². The van der Waals surface area contributed by atoms with Crippen LogP contribution in [-0.2, 0) is 12.8 Å². The molecule has 92 valence electrons. The molecule has 0 aliphatic heterocycles. The fourth-order valence-electron chi connectivity index (χ4n) is 1.99. The number of fused-ring (bicyclic) bond motifs is 1. The molecule has 0 fully saturated rings. The first-order valence-corrected chi connectivity index (χ1v) is 5.83. The minimum absolute atomic E-state index is 0.0220. The number of nitrogens with one attached hydrogen (secondary N) is 1. The Morgan fingerprint density at radius 1 is 1.53 bits per heavy atom. The predicted molar refractivity (Wildman–Crippen MR) is 64.5 cm³/mol. The van der Waals surface area contributed by atoms with E-state index < -0.39 is 0 Å². The number of aliphatic hydroxyl groups excluding tert-OH is 1. The molecule has 1 aliphatic carbocycles. The van der Waals surface area contributed by atoms with E-state index in [9.17, 15) is 0 Å². The Balaban J connectivity index is 2.25. The predicted octanol–water partition coefficient (Wildman–Crippen LogP) is 0.616. The van der Waals surface area contributed by atoms with E-state index in [4.69, 9.17) is 21.0 Å². The lowest BCUT2D eigenvalue weighted by molar-refractivity contribution is 0.229. The van der Waals surface area contributed by atoms with Crippen LogP contribution >= 0.6 is 0 Å². The molecule has 1 heterocycles. The van der Waals surface area contributed by atoms with Crippen LogP contribution in [0.4, 0.5) is 0 Å². The number of rotatable bonds is 5. The van der Waals surface area contributed by atoms with Gasteiger partial charge in [0.05, 0.1) is 12.2 Å². The molecule has 4 N–H and O–H groups in total. The van der Waals surface area contributed by atoms with Gasteiger partial charge in [-0.25, -0.2) is 4.98 Å². The zero-order valence-electron chi connectivity index (χ0n) is 9.70. The molecule has 0 unspecified atom stereocenters. The molecule has 0 amide bonds. The second-order valence-electron chi connectivity index (χ2n) is 4.14. The summed E-state index contributed by atoms with van der Waals surface area (Å²) >= 11 is 0. The fraction of sp³-hybridized carbons (Fsp3) is 0.500. The van der Waals surface area contributed by atoms with Crippen LogP contribution in [0.1, 0.15) is 29.7 Å². The first-order valence-electron chi connectivity index (χ1n) is 5.83. The Kier molecular flexibility index (Phi) is 3.58. The van der Waals surface area contributed by atoms with Gasteiger partial charge in [-0.2, -0.15) is 0 Å². The number of aryl methyl sites for hydroxylation is 2. The van der Waals surface area contributed by atoms with Crippen LogP contribution in [0.15, 0.2) is 6.07 Å². The molecule has 1 aromatic rings. The summed E-state index contributed by atoms with van der Waals surface area (Å²) < 4.78 is 5.47. The fourth-order valence-corrected chi connectivity index (χ4v) is 1.99. The van der Waals surface area contributed by atoms with Gasteiger partial charge in [-0.15, -0.1) is 0 Å². The average Bonchev–Trinajstić information content (AvgIpc) is 2.75. The number of aromatic nitrogens is 1. The van der Waals surface area contributed by atoms with Crippen molar-refractivity contribution in [3.63, 3.8) is 0 Å². The van der Waals surface area contributed by atoms with Crippen LogP contribution in [0.25, 0.3) is 0 Å². The summed E-state index contributed by atoms with van der Waals surface area (Å²) in [6.07, 6.45) is 3.61. The van der Waals surface area contributed by atoms with Gasteiger partial charge in [-0.3, -0.25) is 5.41 Å². The van der Waals surface area contributed by atoms with Crippen molar-refractivity contribution >= 4 is 5.84 Å². The molecule has 0 radical (unpaired) electrons. The van der Waals surface area contributed by atoms with Crippen LogP contribution in [0.2, 0.25) is 0 Å². The van der Waals surface area contributed by atoms with Crippen LogP contribution in [0, 0.1) is 5.41 Å². The third-order valence-corrected chi connectivity index (χ3v) is 2.85. The number of amidine groups is 1. The number of ether oxygens (including phenoxy) is 1. The Morgan fingerprint density at radius 3 is 3.06 bits per heavy atom. The zero-order chi connectivity index (χ0) is 12.3. The number of nitrogens with two attached hydrogens (primary N) is 1. The lowest BCUT2D eigenvalue weighted by atomic mass is 10.1. The number of nitrogen functional groups attached to an aromatic ring is 1. The summed E-state index contributed by atoms with van der Waals surface area (Å²) in [5.74, 6) is 0.401. The Hall–Kier alpha value is -1.62. The lowest BCUT2D eigenvalue weighted by Gasteiger charge is -2.11. The Labute approximate surface area is 100 Å². The second kappa shape index (κ2) is 5.14. The van der Waals surface area contributed by atoms with Crippen molar-refractivity contribution in [2.45, 2.75) is 25.7 Å². The molecule has 17 heavy (non-hydrogen) atoms. The molecule has 0 spiro atoms. The van der Waals surface area contributed by atoms with Crippen LogP contribution in [-0.4, -0.2) is 29.1 Å². The quantitative estimate of drug-likeness (QED) is 0.396. The maximum absolute atomic E-state index is 8.71. The van der Waals surface area contributed by atoms with Gasteiger partial charge in [0, 0.05) is 18.7 Å². The zero-order valence-corrected chi connectivity index (χ0v) is 9.70. The third-order valence-electron chi connectivity index (χ3n) is 2.85. The largest absolute Gasteiger partial charge is 0.477 e. The van der Waals surface area contributed by atoms with E-state index >= 15 is 0 Å². The van der Waals surface area contributed by atoms with Crippen LogP contribution < -0.4 is 10.5 Å². The number of hydrogen-bond donors (Lipinski definition) is 3. The first kappa shape index (κ1) is 11.9. The summed E-state index contributed by atoms with van der Waals surface area (Å²) in [5.41, 5.74) is 8.31. The van der Waals surface area contributed by atoms with Crippen LogP contribution in [0.5, 0.6) is 5.88 Å². The standard InChI is InChI=1S/C12H17N3O2/c13-11(14)9-7-8-3-1-4-10(8)15-12(9)17-6-2-5-16/h7,16H,1-6H2,(H3,13,14). The third kappa shape index (κ3) is 2.55. The van der Waals surface area contributed by atoms with E-state index in [2.05, 4.69) is 4.98 Å². The maximum atomic E-state index is 8.71. The molecule has 0 saturated carbocycles. The molecule has 0 aromatic carbocycles. The first-order chi connectivity index (χ1) is 8.22. The van der Waals surface area contributed by atoms with Gasteiger partial charge in [0.25, 0.3) is 0 Å². The lowest BCUT2D eigenvalue weighted by Crippen LogP contribution is -2.16. The molecule has 5 heteroatoms. The van der Waals surface area contributed by atoms with E-state index in [0.29, 0.717) is 24.5 Å². The molecule has 1 aromatic heterocycles. The van der Waals surface area contributed by atoms with Crippen molar-refractivity contribution in [2.75, 3.05) is 13.2 Å². The van der Waals surface area contributed by atoms with E-state index in [0.717, 1.165) is 25.0 Å². The van der Waals surface area contributed by atoms with Gasteiger partial charge in [0.2, 0.25) is 5.88 Å². The highest BCUT2D eigenvalue weighted by Crippen LogP contribution is 2.26. The Morgan fingerprint density at radius 2 is 2.35 bits per heavy atom. The number of pyridine rings is 1. The molecule has 0 bridgehead atoms. The molecule has 0 saturated heterocycles. The summed E-state index contributed by atoms with van der Waals surface area (Å²) in [6, 6.07) is 1.91. The molecule has 1 aliphatic rings. The second-order valence-corrected chi connectivity index (χ2v) is 4.14. The van der Waals surface area contributed by atoms with E-state index in [1.54, 1.807) is 0 Å². The molecular weight excluding hydrogens is 218 g/mol. The minimum Gasteiger partial charge on any atom is -0.477 e. The molecular formula is C12H17N3O2. The van der Waals surface area contributed by atoms with Crippen molar-refractivity contribution in [1.82, 2.24) is 4.98 Å². The van der Waals surface area contributed by atoms with E-state index in [1.807, 2.05) is 6.07 Å². The minimum atomic E-state index is -0.0220. The smallest absolute Gasteiger partial charge is 0.224 e. The Bertz CT molecular complexity index is 432. The van der Waals surface area contributed by atoms with Crippen molar-refractivity contribution < 1.29 is 9.84 Å². The van der Waals surface area contributed by atoms with Gasteiger partial charge in [-0.1, -0.05) is 0 Å². The number of nitrogens with zero attached hydrogens (tertiary/aromatic N) is 1. The van der Waals surface area contributed by atoms with Gasteiger partial charge in [0.1, 0.15) is 5.84 Å². The van der Waals surface area contributed by atoms with Gasteiger partial charge >= 0.3 is 0 Å². The summed E-state index contributed by atoms with van der Waals surface area (Å²) in [6.45, 7) is 0.475. The number of aliphatic hydroxyl groups is 1. The summed E-state index contributed by atoms with van der Waals surface area (Å²) in [4.78, 5) is 4.42. The molecule has 0 atom stereocenters. The van der Waals surface area contributed by atoms with Crippen molar-refractivity contribution in [3.8, 4) is 5.88 Å². The average molecular weight is 235 g/mol. The van der Waals surface area contributed by atoms with E-state index in [-0.39, 0.29) is 12.4 Å². The van der Waals surface area contributed by atoms with Gasteiger partial charge in [0.15, 0.2) is 0 Å². The summed E-state index contributed by atoms with van der Waals surface area (Å²) in [7, 11) is 0. The SMILES string of the molecule is N=C(N)c1cc2c(nc1OCCCO)CCC2. The highest BCUT2D eigenvalue weighted by atomic mass is 16.5. The highest BCUT2D eigenvalue weighted by Gasteiger charge is 2.18. The van der Waals surface area contributed by atoms with Gasteiger partial charge < -0.3 is 15.6 Å². The highest BCUT2D eigenvalue weighted by molar-refractivity contribution is 5.97. The van der Waals surface area contributed by atoms with E-state index in [1.165, 1.54) is 5.56 Å². The van der Waals surface area contributed by atoms with Crippen molar-refractivity contribution in [1.29, 1.82) is 5.41 Å². The topological polar surface area (TPSA) is 92.2 Å². The molecule has 2 rings (SSSR count). The normalized spacial score (nSPS) is 13.5. The summed E-state index contributed by atoms with van der Waals surface area (Å²) in [5, 5.41) is 16.2. The monoisotopic (exact) mass is 235 g/mol. The van der Waals surface area contributed by atoms with Crippen LogP contribution in [0.3, 0.4) is 0 Å². The maximum Gasteiger partial charge on any atom is 0.224 e.